The van der Waals surface area contributed by atoms with Crippen molar-refractivity contribution in [3.63, 3.8) is 0 Å². The van der Waals surface area contributed by atoms with Crippen LogP contribution in [0.2, 0.25) is 0 Å². The highest BCUT2D eigenvalue weighted by molar-refractivity contribution is 14.0. The molecule has 0 bridgehead atoms. The maximum atomic E-state index is 6.48. The molecule has 0 amide bonds. The normalized spacial score (nSPS) is 19.7. The number of ether oxygens (including phenoxy) is 1. The lowest BCUT2D eigenvalue weighted by molar-refractivity contribution is 0.0396. The second kappa shape index (κ2) is 10.5. The maximum Gasteiger partial charge on any atom is 0.226 e. The van der Waals surface area contributed by atoms with E-state index in [1.165, 1.54) is 18.4 Å². The van der Waals surface area contributed by atoms with Gasteiger partial charge in [0.15, 0.2) is 11.8 Å². The van der Waals surface area contributed by atoms with Gasteiger partial charge >= 0.3 is 0 Å². The van der Waals surface area contributed by atoms with Gasteiger partial charge in [0.2, 0.25) is 5.89 Å². The quantitative estimate of drug-likeness (QED) is 0.253. The average Bonchev–Trinajstić information content (AvgIpc) is 3.34. The average molecular weight is 525 g/mol. The lowest BCUT2D eigenvalue weighted by Gasteiger charge is -2.40. The van der Waals surface area contributed by atoms with Gasteiger partial charge in [0.05, 0.1) is 6.04 Å². The largest absolute Gasteiger partial charge is 0.487 e. The highest BCUT2D eigenvalue weighted by Crippen LogP contribution is 2.46. The molecule has 1 aromatic carbocycles. The SMILES string of the molecule is CCNC(=NCCCc1nc(C)no1)NC1CC2(CCCC2)Oc2ccccc21.I. The van der Waals surface area contributed by atoms with Crippen LogP contribution in [0.1, 0.15) is 68.8 Å². The van der Waals surface area contributed by atoms with Crippen LogP contribution in [0.3, 0.4) is 0 Å². The number of halogens is 1. The topological polar surface area (TPSA) is 84.6 Å². The number of aryl methyl sites for hydroxylation is 2. The van der Waals surface area contributed by atoms with E-state index >= 15 is 0 Å². The Morgan fingerprint density at radius 2 is 2.07 bits per heavy atom. The Balaban J connectivity index is 0.00000256. The Labute approximate surface area is 195 Å². The van der Waals surface area contributed by atoms with Crippen LogP contribution in [-0.4, -0.2) is 34.8 Å². The number of aliphatic imine (C=N–C) groups is 1. The van der Waals surface area contributed by atoms with Crippen molar-refractivity contribution in [3.05, 3.63) is 41.5 Å². The molecular formula is C22H32IN5O2. The standard InChI is InChI=1S/C22H31N5O2.HI/c1-3-23-21(24-14-8-11-20-25-16(2)27-29-20)26-18-15-22(12-6-7-13-22)28-19-10-5-4-9-17(18)19;/h4-5,9-10,18H,3,6-8,11-15H2,1-2H3,(H2,23,24,26);1H. The third-order valence-electron chi connectivity index (χ3n) is 5.76. The Morgan fingerprint density at radius 1 is 1.27 bits per heavy atom. The van der Waals surface area contributed by atoms with Crippen LogP contribution in [0.25, 0.3) is 0 Å². The molecule has 1 aromatic heterocycles. The van der Waals surface area contributed by atoms with E-state index in [0.717, 1.165) is 50.4 Å². The van der Waals surface area contributed by atoms with Crippen LogP contribution < -0.4 is 15.4 Å². The van der Waals surface area contributed by atoms with Crippen molar-refractivity contribution in [3.8, 4) is 5.75 Å². The number of nitrogens with one attached hydrogen (secondary N) is 2. The molecule has 2 aliphatic rings. The number of benzene rings is 1. The van der Waals surface area contributed by atoms with Gasteiger partial charge in [-0.05, 0) is 52.0 Å². The smallest absolute Gasteiger partial charge is 0.226 e. The molecule has 30 heavy (non-hydrogen) atoms. The highest BCUT2D eigenvalue weighted by atomic mass is 127. The molecule has 1 aliphatic heterocycles. The lowest BCUT2D eigenvalue weighted by Crippen LogP contribution is -2.46. The summed E-state index contributed by atoms with van der Waals surface area (Å²) in [5, 5.41) is 10.9. The number of hydrogen-bond acceptors (Lipinski definition) is 5. The zero-order valence-corrected chi connectivity index (χ0v) is 20.1. The van der Waals surface area contributed by atoms with Crippen LogP contribution in [-0.2, 0) is 6.42 Å². The third kappa shape index (κ3) is 5.44. The third-order valence-corrected chi connectivity index (χ3v) is 5.76. The summed E-state index contributed by atoms with van der Waals surface area (Å²) < 4.78 is 11.7. The second-order valence-electron chi connectivity index (χ2n) is 8.03. The van der Waals surface area contributed by atoms with Crippen molar-refractivity contribution in [2.45, 2.75) is 70.4 Å². The van der Waals surface area contributed by atoms with E-state index in [0.29, 0.717) is 18.3 Å². The number of aromatic nitrogens is 2. The van der Waals surface area contributed by atoms with Crippen LogP contribution in [0, 0.1) is 6.92 Å². The molecule has 2 aromatic rings. The number of guanidine groups is 1. The van der Waals surface area contributed by atoms with E-state index in [-0.39, 0.29) is 35.6 Å². The lowest BCUT2D eigenvalue weighted by atomic mass is 9.86. The van der Waals surface area contributed by atoms with Gasteiger partial charge < -0.3 is 19.9 Å². The number of hydrogen-bond donors (Lipinski definition) is 2. The molecule has 8 heteroatoms. The minimum absolute atomic E-state index is 0. The molecule has 0 radical (unpaired) electrons. The molecular weight excluding hydrogens is 493 g/mol. The highest BCUT2D eigenvalue weighted by Gasteiger charge is 2.43. The van der Waals surface area contributed by atoms with Crippen LogP contribution in [0.5, 0.6) is 5.75 Å². The minimum atomic E-state index is -0.0286. The Bertz CT molecular complexity index is 848. The Kier molecular flexibility index (Phi) is 7.96. The molecule has 1 fully saturated rings. The van der Waals surface area contributed by atoms with Crippen molar-refractivity contribution >= 4 is 29.9 Å². The fraction of sp³-hybridized carbons (Fsp3) is 0.591. The minimum Gasteiger partial charge on any atom is -0.487 e. The molecule has 1 saturated carbocycles. The fourth-order valence-corrected chi connectivity index (χ4v) is 4.42. The van der Waals surface area contributed by atoms with E-state index < -0.39 is 0 Å². The zero-order chi connectivity index (χ0) is 20.1. The summed E-state index contributed by atoms with van der Waals surface area (Å²) in [6, 6.07) is 8.60. The van der Waals surface area contributed by atoms with Gasteiger partial charge in [-0.3, -0.25) is 4.99 Å². The molecule has 2 heterocycles. The summed E-state index contributed by atoms with van der Waals surface area (Å²) in [6.45, 7) is 5.45. The second-order valence-corrected chi connectivity index (χ2v) is 8.03. The zero-order valence-electron chi connectivity index (χ0n) is 17.8. The van der Waals surface area contributed by atoms with Gasteiger partial charge in [-0.25, -0.2) is 0 Å². The first kappa shape index (κ1) is 22.8. The summed E-state index contributed by atoms with van der Waals surface area (Å²) >= 11 is 0. The maximum absolute atomic E-state index is 6.48. The van der Waals surface area contributed by atoms with Crippen molar-refractivity contribution < 1.29 is 9.26 Å². The number of rotatable bonds is 6. The van der Waals surface area contributed by atoms with Crippen LogP contribution in [0.15, 0.2) is 33.8 Å². The van der Waals surface area contributed by atoms with Crippen molar-refractivity contribution in [1.82, 2.24) is 20.8 Å². The summed E-state index contributed by atoms with van der Waals surface area (Å²) in [7, 11) is 0. The summed E-state index contributed by atoms with van der Waals surface area (Å²) in [4.78, 5) is 9.03. The molecule has 2 N–H and O–H groups in total. The number of para-hydroxylation sites is 1. The van der Waals surface area contributed by atoms with Crippen LogP contribution >= 0.6 is 24.0 Å². The van der Waals surface area contributed by atoms with Crippen molar-refractivity contribution in [1.29, 1.82) is 0 Å². The van der Waals surface area contributed by atoms with Gasteiger partial charge in [0, 0.05) is 31.5 Å². The predicted molar refractivity (Wildman–Crippen MR) is 128 cm³/mol. The first-order chi connectivity index (χ1) is 14.2. The van der Waals surface area contributed by atoms with Gasteiger partial charge in [0.25, 0.3) is 0 Å². The van der Waals surface area contributed by atoms with E-state index in [1.807, 2.05) is 6.92 Å². The molecule has 1 atom stereocenters. The van der Waals surface area contributed by atoms with Gasteiger partial charge in [-0.2, -0.15) is 4.98 Å². The first-order valence-corrected chi connectivity index (χ1v) is 10.8. The molecule has 4 rings (SSSR count). The molecule has 1 aliphatic carbocycles. The van der Waals surface area contributed by atoms with Gasteiger partial charge in [-0.15, -0.1) is 24.0 Å². The van der Waals surface area contributed by atoms with Gasteiger partial charge in [0.1, 0.15) is 11.4 Å². The van der Waals surface area contributed by atoms with E-state index in [9.17, 15) is 0 Å². The molecule has 7 nitrogen and oxygen atoms in total. The van der Waals surface area contributed by atoms with Crippen molar-refractivity contribution in [2.24, 2.45) is 4.99 Å². The first-order valence-electron chi connectivity index (χ1n) is 10.8. The number of nitrogens with zero attached hydrogens (tertiary/aromatic N) is 3. The Morgan fingerprint density at radius 3 is 2.80 bits per heavy atom. The van der Waals surface area contributed by atoms with E-state index in [4.69, 9.17) is 14.3 Å². The van der Waals surface area contributed by atoms with E-state index in [1.54, 1.807) is 0 Å². The predicted octanol–water partition coefficient (Wildman–Crippen LogP) is 4.32. The van der Waals surface area contributed by atoms with Crippen LogP contribution in [0.4, 0.5) is 0 Å². The van der Waals surface area contributed by atoms with E-state index in [2.05, 4.69) is 52.0 Å². The molecule has 1 spiro atoms. The molecule has 0 saturated heterocycles. The summed E-state index contributed by atoms with van der Waals surface area (Å²) in [5.41, 5.74) is 1.19. The fourth-order valence-electron chi connectivity index (χ4n) is 4.42. The monoisotopic (exact) mass is 525 g/mol. The van der Waals surface area contributed by atoms with Crippen molar-refractivity contribution in [2.75, 3.05) is 13.1 Å². The summed E-state index contributed by atoms with van der Waals surface area (Å²) in [5.74, 6) is 3.22. The summed E-state index contributed by atoms with van der Waals surface area (Å²) in [6.07, 6.45) is 7.36. The molecule has 164 valence electrons. The number of fused-ring (bicyclic) bond motifs is 1. The molecule has 1 unspecified atom stereocenters. The Hall–Kier alpha value is -1.84. The van der Waals surface area contributed by atoms with Gasteiger partial charge in [-0.1, -0.05) is 23.4 Å².